The molecule has 1 aliphatic carbocycles. The summed E-state index contributed by atoms with van der Waals surface area (Å²) >= 11 is 0. The fourth-order valence-electron chi connectivity index (χ4n) is 3.27. The summed E-state index contributed by atoms with van der Waals surface area (Å²) in [6, 6.07) is 9.06. The van der Waals surface area contributed by atoms with Crippen LogP contribution in [-0.4, -0.2) is 27.8 Å². The molecule has 1 aromatic heterocycles. The summed E-state index contributed by atoms with van der Waals surface area (Å²) in [7, 11) is 0. The Morgan fingerprint density at radius 2 is 1.67 bits per heavy atom. The standard InChI is InChI=1S/C20H25N5O2/c1-14(26)23-16-9-6-10-17(11-16)25-20(27)18-12-19(22-13-21-18)24-15-7-4-2-3-5-8-15/h6,9-13,15H,2-5,7-8H2,1H3,(H,23,26)(H,25,27)(H,21,22,24). The van der Waals surface area contributed by atoms with Gasteiger partial charge >= 0.3 is 0 Å². The molecule has 0 aliphatic heterocycles. The van der Waals surface area contributed by atoms with Crippen LogP contribution < -0.4 is 16.0 Å². The molecule has 1 aromatic carbocycles. The van der Waals surface area contributed by atoms with Crippen LogP contribution >= 0.6 is 0 Å². The molecule has 3 rings (SSSR count). The van der Waals surface area contributed by atoms with Gasteiger partial charge in [-0.25, -0.2) is 9.97 Å². The van der Waals surface area contributed by atoms with E-state index in [0.717, 1.165) is 12.8 Å². The van der Waals surface area contributed by atoms with Gasteiger partial charge < -0.3 is 16.0 Å². The molecule has 1 heterocycles. The third kappa shape index (κ3) is 5.77. The molecule has 142 valence electrons. The summed E-state index contributed by atoms with van der Waals surface area (Å²) in [5.41, 5.74) is 1.51. The second-order valence-corrected chi connectivity index (χ2v) is 6.84. The third-order valence-corrected chi connectivity index (χ3v) is 4.55. The Morgan fingerprint density at radius 3 is 2.37 bits per heavy atom. The fourth-order valence-corrected chi connectivity index (χ4v) is 3.27. The normalized spacial score (nSPS) is 14.9. The largest absolute Gasteiger partial charge is 0.367 e. The number of anilines is 3. The first-order valence-corrected chi connectivity index (χ1v) is 9.38. The minimum atomic E-state index is -0.318. The van der Waals surface area contributed by atoms with E-state index in [2.05, 4.69) is 25.9 Å². The number of rotatable bonds is 5. The van der Waals surface area contributed by atoms with E-state index in [0.29, 0.717) is 28.9 Å². The first-order chi connectivity index (χ1) is 13.1. The van der Waals surface area contributed by atoms with Gasteiger partial charge in [0.25, 0.3) is 5.91 Å². The van der Waals surface area contributed by atoms with Gasteiger partial charge in [-0.3, -0.25) is 9.59 Å². The van der Waals surface area contributed by atoms with Crippen molar-refractivity contribution in [3.63, 3.8) is 0 Å². The highest BCUT2D eigenvalue weighted by Gasteiger charge is 2.14. The van der Waals surface area contributed by atoms with Crippen LogP contribution in [0.4, 0.5) is 17.2 Å². The van der Waals surface area contributed by atoms with Crippen LogP contribution in [0.25, 0.3) is 0 Å². The minimum Gasteiger partial charge on any atom is -0.367 e. The second kappa shape index (κ2) is 9.12. The Labute approximate surface area is 159 Å². The molecule has 3 N–H and O–H groups in total. The molecule has 7 heteroatoms. The molecule has 1 aliphatic rings. The predicted octanol–water partition coefficient (Wildman–Crippen LogP) is 3.82. The molecule has 0 bridgehead atoms. The van der Waals surface area contributed by atoms with Crippen molar-refractivity contribution in [1.29, 1.82) is 0 Å². The van der Waals surface area contributed by atoms with Gasteiger partial charge in [-0.1, -0.05) is 31.7 Å². The van der Waals surface area contributed by atoms with Crippen LogP contribution in [0, 0.1) is 0 Å². The van der Waals surface area contributed by atoms with E-state index in [9.17, 15) is 9.59 Å². The number of nitrogens with zero attached hydrogens (tertiary/aromatic N) is 2. The smallest absolute Gasteiger partial charge is 0.274 e. The zero-order valence-corrected chi connectivity index (χ0v) is 15.5. The summed E-state index contributed by atoms with van der Waals surface area (Å²) in [5, 5.41) is 8.93. The molecule has 7 nitrogen and oxygen atoms in total. The fraction of sp³-hybridized carbons (Fsp3) is 0.400. The zero-order chi connectivity index (χ0) is 19.1. The van der Waals surface area contributed by atoms with E-state index in [-0.39, 0.29) is 11.8 Å². The van der Waals surface area contributed by atoms with Gasteiger partial charge in [-0.15, -0.1) is 0 Å². The monoisotopic (exact) mass is 367 g/mol. The Balaban J connectivity index is 1.65. The SMILES string of the molecule is CC(=O)Nc1cccc(NC(=O)c2cc(NC3CCCCCC3)ncn2)c1. The number of carbonyl (C=O) groups is 2. The van der Waals surface area contributed by atoms with Crippen molar-refractivity contribution in [2.24, 2.45) is 0 Å². The number of hydrogen-bond acceptors (Lipinski definition) is 5. The van der Waals surface area contributed by atoms with Gasteiger partial charge in [-0.05, 0) is 31.0 Å². The Bertz CT molecular complexity index is 800. The summed E-state index contributed by atoms with van der Waals surface area (Å²) < 4.78 is 0. The highest BCUT2D eigenvalue weighted by atomic mass is 16.2. The number of benzene rings is 1. The van der Waals surface area contributed by atoms with E-state index in [1.165, 1.54) is 38.9 Å². The maximum absolute atomic E-state index is 12.5. The number of hydrogen-bond donors (Lipinski definition) is 3. The molecule has 2 aromatic rings. The van der Waals surface area contributed by atoms with Crippen LogP contribution in [0.1, 0.15) is 55.9 Å². The van der Waals surface area contributed by atoms with Crippen molar-refractivity contribution >= 4 is 29.0 Å². The van der Waals surface area contributed by atoms with E-state index >= 15 is 0 Å². The van der Waals surface area contributed by atoms with Gasteiger partial charge in [0, 0.05) is 30.4 Å². The van der Waals surface area contributed by atoms with E-state index in [1.807, 2.05) is 0 Å². The van der Waals surface area contributed by atoms with E-state index in [4.69, 9.17) is 0 Å². The molecule has 1 saturated carbocycles. The molecular formula is C20H25N5O2. The molecule has 0 radical (unpaired) electrons. The van der Waals surface area contributed by atoms with Crippen molar-refractivity contribution < 1.29 is 9.59 Å². The molecule has 0 atom stereocenters. The molecule has 1 fully saturated rings. The third-order valence-electron chi connectivity index (χ3n) is 4.55. The zero-order valence-electron chi connectivity index (χ0n) is 15.5. The van der Waals surface area contributed by atoms with Crippen molar-refractivity contribution in [1.82, 2.24) is 9.97 Å². The van der Waals surface area contributed by atoms with Crippen molar-refractivity contribution in [2.45, 2.75) is 51.5 Å². The van der Waals surface area contributed by atoms with E-state index in [1.54, 1.807) is 30.3 Å². The molecule has 27 heavy (non-hydrogen) atoms. The maximum atomic E-state index is 12.5. The van der Waals surface area contributed by atoms with E-state index < -0.39 is 0 Å². The van der Waals surface area contributed by atoms with Crippen LogP contribution in [0.3, 0.4) is 0 Å². The number of nitrogens with one attached hydrogen (secondary N) is 3. The van der Waals surface area contributed by atoms with Gasteiger partial charge in [0.2, 0.25) is 5.91 Å². The van der Waals surface area contributed by atoms with Gasteiger partial charge in [0.05, 0.1) is 0 Å². The van der Waals surface area contributed by atoms with Gasteiger partial charge in [0.15, 0.2) is 0 Å². The van der Waals surface area contributed by atoms with Gasteiger partial charge in [-0.2, -0.15) is 0 Å². The van der Waals surface area contributed by atoms with Gasteiger partial charge in [0.1, 0.15) is 17.8 Å². The number of aromatic nitrogens is 2. The molecular weight excluding hydrogens is 342 g/mol. The molecule has 0 spiro atoms. The molecule has 0 saturated heterocycles. The lowest BCUT2D eigenvalue weighted by Crippen LogP contribution is -2.20. The lowest BCUT2D eigenvalue weighted by atomic mass is 10.1. The Kier molecular flexibility index (Phi) is 6.35. The number of carbonyl (C=O) groups excluding carboxylic acids is 2. The van der Waals surface area contributed by atoms with Crippen LogP contribution in [0.15, 0.2) is 36.7 Å². The highest BCUT2D eigenvalue weighted by Crippen LogP contribution is 2.21. The Morgan fingerprint density at radius 1 is 0.963 bits per heavy atom. The van der Waals surface area contributed by atoms with Crippen molar-refractivity contribution in [2.75, 3.05) is 16.0 Å². The highest BCUT2D eigenvalue weighted by molar-refractivity contribution is 6.03. The van der Waals surface area contributed by atoms with Crippen molar-refractivity contribution in [3.8, 4) is 0 Å². The first kappa shape index (κ1) is 18.8. The average molecular weight is 367 g/mol. The summed E-state index contributed by atoms with van der Waals surface area (Å²) in [4.78, 5) is 32.0. The van der Waals surface area contributed by atoms with Crippen molar-refractivity contribution in [3.05, 3.63) is 42.4 Å². The summed E-state index contributed by atoms with van der Waals surface area (Å²) in [5.74, 6) is 0.193. The Hall–Kier alpha value is -2.96. The van der Waals surface area contributed by atoms with Crippen LogP contribution in [0.5, 0.6) is 0 Å². The number of amides is 2. The average Bonchev–Trinajstić information content (AvgIpc) is 2.90. The second-order valence-electron chi connectivity index (χ2n) is 6.84. The minimum absolute atomic E-state index is 0.163. The molecule has 2 amide bonds. The van der Waals surface area contributed by atoms with Crippen LogP contribution in [0.2, 0.25) is 0 Å². The summed E-state index contributed by atoms with van der Waals surface area (Å²) in [6.07, 6.45) is 8.67. The summed E-state index contributed by atoms with van der Waals surface area (Å²) in [6.45, 7) is 1.44. The topological polar surface area (TPSA) is 96.0 Å². The predicted molar refractivity (Wildman–Crippen MR) is 106 cm³/mol. The quantitative estimate of drug-likeness (QED) is 0.698. The lowest BCUT2D eigenvalue weighted by molar-refractivity contribution is -0.114. The van der Waals surface area contributed by atoms with Crippen LogP contribution in [-0.2, 0) is 4.79 Å². The molecule has 0 unspecified atom stereocenters. The first-order valence-electron chi connectivity index (χ1n) is 9.38. The lowest BCUT2D eigenvalue weighted by Gasteiger charge is -2.17. The maximum Gasteiger partial charge on any atom is 0.274 e.